The monoisotopic (exact) mass is 255 g/mol. The highest BCUT2D eigenvalue weighted by Gasteiger charge is 2.25. The third-order valence-electron chi connectivity index (χ3n) is 3.88. The van der Waals surface area contributed by atoms with Crippen LogP contribution in [-0.2, 0) is 4.79 Å². The first-order chi connectivity index (χ1) is 8.58. The van der Waals surface area contributed by atoms with E-state index in [4.69, 9.17) is 0 Å². The second-order valence-corrected chi connectivity index (χ2v) is 5.48. The van der Waals surface area contributed by atoms with E-state index in [0.29, 0.717) is 5.91 Å². The number of hydrogen-bond acceptors (Lipinski definition) is 3. The van der Waals surface area contributed by atoms with E-state index in [1.807, 2.05) is 0 Å². The van der Waals surface area contributed by atoms with Gasteiger partial charge in [0.15, 0.2) is 0 Å². The molecule has 0 aromatic rings. The van der Waals surface area contributed by atoms with Crippen molar-refractivity contribution >= 4 is 5.91 Å². The Bertz CT molecular complexity index is 243. The second-order valence-electron chi connectivity index (χ2n) is 5.48. The smallest absolute Gasteiger partial charge is 0.225 e. The Morgan fingerprint density at radius 2 is 1.67 bits per heavy atom. The Balaban J connectivity index is 2.32. The molecule has 0 aliphatic carbocycles. The Morgan fingerprint density at radius 3 is 2.11 bits per heavy atom. The molecular formula is C14H29N3O. The van der Waals surface area contributed by atoms with Crippen molar-refractivity contribution in [3.63, 3.8) is 0 Å². The lowest BCUT2D eigenvalue weighted by molar-refractivity contribution is -0.137. The van der Waals surface area contributed by atoms with Crippen LogP contribution in [0.5, 0.6) is 0 Å². The van der Waals surface area contributed by atoms with Crippen LogP contribution in [0.1, 0.15) is 26.7 Å². The molecule has 1 saturated heterocycles. The van der Waals surface area contributed by atoms with Crippen LogP contribution in [0, 0.1) is 5.92 Å². The van der Waals surface area contributed by atoms with Crippen LogP contribution in [0.15, 0.2) is 0 Å². The first-order valence-corrected chi connectivity index (χ1v) is 7.24. The summed E-state index contributed by atoms with van der Waals surface area (Å²) < 4.78 is 0. The largest absolute Gasteiger partial charge is 0.340 e. The summed E-state index contributed by atoms with van der Waals surface area (Å²) in [5.41, 5.74) is 0. The average Bonchev–Trinajstić information content (AvgIpc) is 2.38. The van der Waals surface area contributed by atoms with Gasteiger partial charge in [0.05, 0.1) is 0 Å². The van der Waals surface area contributed by atoms with E-state index in [2.05, 4.69) is 42.6 Å². The van der Waals surface area contributed by atoms with E-state index in [1.54, 1.807) is 0 Å². The third kappa shape index (κ3) is 4.58. The second kappa shape index (κ2) is 7.74. The highest BCUT2D eigenvalue weighted by molar-refractivity contribution is 5.78. The minimum Gasteiger partial charge on any atom is -0.340 e. The molecule has 1 amide bonds. The first kappa shape index (κ1) is 15.4. The van der Waals surface area contributed by atoms with Gasteiger partial charge in [0.25, 0.3) is 0 Å². The molecule has 1 aliphatic heterocycles. The zero-order valence-corrected chi connectivity index (χ0v) is 12.5. The van der Waals surface area contributed by atoms with E-state index in [0.717, 1.165) is 52.1 Å². The number of rotatable bonds is 6. The van der Waals surface area contributed by atoms with Gasteiger partial charge in [0, 0.05) is 45.2 Å². The van der Waals surface area contributed by atoms with E-state index < -0.39 is 0 Å². The number of amides is 1. The van der Waals surface area contributed by atoms with Gasteiger partial charge in [-0.2, -0.15) is 0 Å². The maximum atomic E-state index is 12.2. The van der Waals surface area contributed by atoms with E-state index in [9.17, 15) is 4.79 Å². The lowest BCUT2D eigenvalue weighted by Gasteiger charge is -2.36. The minimum atomic E-state index is 0.235. The fourth-order valence-corrected chi connectivity index (χ4v) is 2.43. The summed E-state index contributed by atoms with van der Waals surface area (Å²) in [7, 11) is 4.21. The van der Waals surface area contributed by atoms with Gasteiger partial charge in [-0.25, -0.2) is 0 Å². The summed E-state index contributed by atoms with van der Waals surface area (Å²) in [6.45, 7) is 10.3. The van der Waals surface area contributed by atoms with Gasteiger partial charge in [-0.05, 0) is 26.9 Å². The molecule has 18 heavy (non-hydrogen) atoms. The van der Waals surface area contributed by atoms with Gasteiger partial charge in [-0.15, -0.1) is 0 Å². The van der Waals surface area contributed by atoms with Crippen molar-refractivity contribution in [2.75, 3.05) is 53.4 Å². The van der Waals surface area contributed by atoms with Gasteiger partial charge in [-0.3, -0.25) is 9.69 Å². The highest BCUT2D eigenvalue weighted by atomic mass is 16.2. The molecular weight excluding hydrogens is 226 g/mol. The third-order valence-corrected chi connectivity index (χ3v) is 3.88. The molecule has 0 aromatic carbocycles. The van der Waals surface area contributed by atoms with Crippen molar-refractivity contribution in [1.29, 1.82) is 0 Å². The van der Waals surface area contributed by atoms with Crippen LogP contribution >= 0.6 is 0 Å². The molecule has 1 aliphatic rings. The van der Waals surface area contributed by atoms with Crippen molar-refractivity contribution < 1.29 is 4.79 Å². The SMILES string of the molecule is CCC(CC)C(=O)N1CCN(CCN(C)C)CC1. The maximum absolute atomic E-state index is 12.2. The number of piperazine rings is 1. The molecule has 1 heterocycles. The number of carbonyl (C=O) groups excluding carboxylic acids is 1. The quantitative estimate of drug-likeness (QED) is 0.712. The van der Waals surface area contributed by atoms with E-state index >= 15 is 0 Å². The molecule has 1 fully saturated rings. The van der Waals surface area contributed by atoms with Crippen LogP contribution in [-0.4, -0.2) is 74.0 Å². The zero-order valence-electron chi connectivity index (χ0n) is 12.5. The molecule has 4 nitrogen and oxygen atoms in total. The summed E-state index contributed by atoms with van der Waals surface area (Å²) in [6, 6.07) is 0. The number of nitrogens with zero attached hydrogens (tertiary/aromatic N) is 3. The summed E-state index contributed by atoms with van der Waals surface area (Å²) in [5.74, 6) is 0.602. The molecule has 0 radical (unpaired) electrons. The summed E-state index contributed by atoms with van der Waals surface area (Å²) in [6.07, 6.45) is 1.94. The molecule has 0 spiro atoms. The Labute approximate surface area is 112 Å². The zero-order chi connectivity index (χ0) is 13.5. The Kier molecular flexibility index (Phi) is 6.65. The molecule has 0 unspecified atom stereocenters. The lowest BCUT2D eigenvalue weighted by atomic mass is 10.0. The van der Waals surface area contributed by atoms with Crippen molar-refractivity contribution in [2.24, 2.45) is 5.92 Å². The normalized spacial score (nSPS) is 17.8. The Hall–Kier alpha value is -0.610. The van der Waals surface area contributed by atoms with Crippen molar-refractivity contribution in [1.82, 2.24) is 14.7 Å². The van der Waals surface area contributed by atoms with Crippen LogP contribution in [0.2, 0.25) is 0 Å². The predicted molar refractivity (Wildman–Crippen MR) is 75.6 cm³/mol. The van der Waals surface area contributed by atoms with Gasteiger partial charge in [0.2, 0.25) is 5.91 Å². The molecule has 0 N–H and O–H groups in total. The number of carbonyl (C=O) groups is 1. The van der Waals surface area contributed by atoms with E-state index in [1.165, 1.54) is 0 Å². The van der Waals surface area contributed by atoms with Crippen LogP contribution in [0.4, 0.5) is 0 Å². The topological polar surface area (TPSA) is 26.8 Å². The average molecular weight is 255 g/mol. The molecule has 1 rings (SSSR count). The lowest BCUT2D eigenvalue weighted by Crippen LogP contribution is -2.51. The van der Waals surface area contributed by atoms with E-state index in [-0.39, 0.29) is 5.92 Å². The summed E-state index contributed by atoms with van der Waals surface area (Å²) in [5, 5.41) is 0. The van der Waals surface area contributed by atoms with Crippen LogP contribution in [0.3, 0.4) is 0 Å². The molecule has 0 atom stereocenters. The standard InChI is InChI=1S/C14H29N3O/c1-5-13(6-2)14(18)17-11-9-16(10-12-17)8-7-15(3)4/h13H,5-12H2,1-4H3. The van der Waals surface area contributed by atoms with Crippen LogP contribution < -0.4 is 0 Å². The fraction of sp³-hybridized carbons (Fsp3) is 0.929. The van der Waals surface area contributed by atoms with Gasteiger partial charge in [0.1, 0.15) is 0 Å². The van der Waals surface area contributed by atoms with Gasteiger partial charge >= 0.3 is 0 Å². The summed E-state index contributed by atoms with van der Waals surface area (Å²) in [4.78, 5) is 19.0. The molecule has 0 bridgehead atoms. The van der Waals surface area contributed by atoms with Crippen molar-refractivity contribution in [3.05, 3.63) is 0 Å². The maximum Gasteiger partial charge on any atom is 0.225 e. The van der Waals surface area contributed by atoms with Crippen molar-refractivity contribution in [3.8, 4) is 0 Å². The van der Waals surface area contributed by atoms with Crippen LogP contribution in [0.25, 0.3) is 0 Å². The summed E-state index contributed by atoms with van der Waals surface area (Å²) >= 11 is 0. The predicted octanol–water partition coefficient (Wildman–Crippen LogP) is 1.13. The fourth-order valence-electron chi connectivity index (χ4n) is 2.43. The molecule has 0 saturated carbocycles. The van der Waals surface area contributed by atoms with Gasteiger partial charge in [-0.1, -0.05) is 13.8 Å². The molecule has 4 heteroatoms. The Morgan fingerprint density at radius 1 is 1.11 bits per heavy atom. The van der Waals surface area contributed by atoms with Crippen molar-refractivity contribution in [2.45, 2.75) is 26.7 Å². The van der Waals surface area contributed by atoms with Gasteiger partial charge < -0.3 is 9.80 Å². The first-order valence-electron chi connectivity index (χ1n) is 7.24. The molecule has 0 aromatic heterocycles. The number of hydrogen-bond donors (Lipinski definition) is 0. The molecule has 106 valence electrons. The minimum absolute atomic E-state index is 0.235. The highest BCUT2D eigenvalue weighted by Crippen LogP contribution is 2.13. The number of likely N-dealkylation sites (N-methyl/N-ethyl adjacent to an activating group) is 1.